The third-order valence-electron chi connectivity index (χ3n) is 3.22. The van der Waals surface area contributed by atoms with Crippen LogP contribution in [0.4, 0.5) is 0 Å². The van der Waals surface area contributed by atoms with Crippen LogP contribution in [-0.4, -0.2) is 26.3 Å². The van der Waals surface area contributed by atoms with Crippen molar-refractivity contribution in [3.8, 4) is 0 Å². The minimum absolute atomic E-state index is 0.248. The molecule has 0 aliphatic carbocycles. The van der Waals surface area contributed by atoms with Gasteiger partial charge in [0, 0.05) is 25.1 Å². The maximum absolute atomic E-state index is 10.9. The second-order valence-corrected chi connectivity index (χ2v) is 6.02. The number of carbonyl (C=O) groups is 1. The summed E-state index contributed by atoms with van der Waals surface area (Å²) in [5.74, 6) is 2.15. The summed E-state index contributed by atoms with van der Waals surface area (Å²) in [7, 11) is 0. The molecule has 0 saturated heterocycles. The first-order chi connectivity index (χ1) is 10.2. The Hall–Kier alpha value is -1.62. The molecule has 0 aliphatic rings. The average Bonchev–Trinajstić information content (AvgIpc) is 2.86. The molecule has 1 aromatic carbocycles. The van der Waals surface area contributed by atoms with Gasteiger partial charge in [-0.2, -0.15) is 0 Å². The van der Waals surface area contributed by atoms with E-state index in [1.165, 1.54) is 5.56 Å². The van der Waals surface area contributed by atoms with E-state index in [4.69, 9.17) is 0 Å². The van der Waals surface area contributed by atoms with E-state index in [9.17, 15) is 4.79 Å². The summed E-state index contributed by atoms with van der Waals surface area (Å²) in [5.41, 5.74) is 1.24. The molecule has 0 saturated carbocycles. The van der Waals surface area contributed by atoms with Crippen molar-refractivity contribution in [3.05, 3.63) is 41.7 Å². The number of carbonyl (C=O) groups excluding carboxylic acids is 1. The Kier molecular flexibility index (Phi) is 5.99. The molecule has 0 atom stereocenters. The zero-order chi connectivity index (χ0) is 15.1. The lowest BCUT2D eigenvalue weighted by atomic mass is 10.1. The first-order valence-corrected chi connectivity index (χ1v) is 8.27. The molecular weight excluding hydrogens is 282 g/mol. The van der Waals surface area contributed by atoms with E-state index in [0.717, 1.165) is 36.1 Å². The first kappa shape index (κ1) is 15.8. The molecule has 0 aliphatic heterocycles. The number of thioether (sulfide) groups is 1. The lowest BCUT2D eigenvalue weighted by Crippen LogP contribution is -2.04. The minimum atomic E-state index is 0.248. The third kappa shape index (κ3) is 4.70. The molecule has 0 radical (unpaired) electrons. The molecule has 1 aromatic heterocycles. The van der Waals surface area contributed by atoms with Gasteiger partial charge in [-0.1, -0.05) is 42.1 Å². The second kappa shape index (κ2) is 7.98. The lowest BCUT2D eigenvalue weighted by Gasteiger charge is -2.07. The molecule has 5 heteroatoms. The molecule has 1 heterocycles. The van der Waals surface area contributed by atoms with Crippen molar-refractivity contribution in [1.29, 1.82) is 0 Å². The highest BCUT2D eigenvalue weighted by atomic mass is 32.2. The molecule has 0 unspecified atom stereocenters. The van der Waals surface area contributed by atoms with Crippen molar-refractivity contribution in [1.82, 2.24) is 14.8 Å². The summed E-state index contributed by atoms with van der Waals surface area (Å²) in [5, 5.41) is 9.56. The van der Waals surface area contributed by atoms with Crippen molar-refractivity contribution in [3.63, 3.8) is 0 Å². The van der Waals surface area contributed by atoms with Gasteiger partial charge in [-0.3, -0.25) is 0 Å². The fraction of sp³-hybridized carbons (Fsp3) is 0.438. The highest BCUT2D eigenvalue weighted by molar-refractivity contribution is 7.99. The van der Waals surface area contributed by atoms with Gasteiger partial charge in [0.05, 0.1) is 0 Å². The fourth-order valence-corrected chi connectivity index (χ4v) is 3.10. The average molecular weight is 303 g/mol. The van der Waals surface area contributed by atoms with E-state index in [0.29, 0.717) is 6.42 Å². The Bertz CT molecular complexity index is 580. The van der Waals surface area contributed by atoms with E-state index in [2.05, 4.69) is 33.8 Å². The third-order valence-corrected chi connectivity index (χ3v) is 4.27. The number of ketones is 1. The largest absolute Gasteiger partial charge is 0.306 e. The molecule has 2 rings (SSSR count). The van der Waals surface area contributed by atoms with E-state index in [-0.39, 0.29) is 5.78 Å². The molecule has 112 valence electrons. The number of hydrogen-bond acceptors (Lipinski definition) is 4. The maximum Gasteiger partial charge on any atom is 0.191 e. The van der Waals surface area contributed by atoms with E-state index in [1.54, 1.807) is 18.7 Å². The summed E-state index contributed by atoms with van der Waals surface area (Å²) < 4.78 is 2.16. The number of Topliss-reactive ketones (excluding diaryl/α,β-unsaturated/α-hetero) is 1. The topological polar surface area (TPSA) is 47.8 Å². The van der Waals surface area contributed by atoms with Gasteiger partial charge >= 0.3 is 0 Å². The van der Waals surface area contributed by atoms with Crippen LogP contribution >= 0.6 is 11.8 Å². The predicted octanol–water partition coefficient (Wildman–Crippen LogP) is 3.35. The molecule has 0 fully saturated rings. The second-order valence-electron chi connectivity index (χ2n) is 4.96. The Balaban J connectivity index is 1.99. The zero-order valence-electron chi connectivity index (χ0n) is 12.6. The smallest absolute Gasteiger partial charge is 0.191 e. The van der Waals surface area contributed by atoms with Gasteiger partial charge in [-0.15, -0.1) is 10.2 Å². The highest BCUT2D eigenvalue weighted by Gasteiger charge is 2.11. The molecule has 0 spiro atoms. The Morgan fingerprint density at radius 1 is 1.24 bits per heavy atom. The van der Waals surface area contributed by atoms with Gasteiger partial charge in [-0.05, 0) is 25.8 Å². The van der Waals surface area contributed by atoms with Gasteiger partial charge in [0.25, 0.3) is 0 Å². The Morgan fingerprint density at radius 2 is 2.00 bits per heavy atom. The monoisotopic (exact) mass is 303 g/mol. The van der Waals surface area contributed by atoms with Gasteiger partial charge in [0.2, 0.25) is 0 Å². The lowest BCUT2D eigenvalue weighted by molar-refractivity contribution is -0.117. The van der Waals surface area contributed by atoms with E-state index in [1.807, 2.05) is 18.2 Å². The number of nitrogens with zero attached hydrogens (tertiary/aromatic N) is 3. The molecule has 0 amide bonds. The Morgan fingerprint density at radius 3 is 2.67 bits per heavy atom. The van der Waals surface area contributed by atoms with Crippen molar-refractivity contribution in [2.75, 3.05) is 5.75 Å². The van der Waals surface area contributed by atoms with Crippen LogP contribution in [0.3, 0.4) is 0 Å². The predicted molar refractivity (Wildman–Crippen MR) is 85.6 cm³/mol. The van der Waals surface area contributed by atoms with Crippen molar-refractivity contribution in [2.45, 2.75) is 44.8 Å². The van der Waals surface area contributed by atoms with Crippen molar-refractivity contribution < 1.29 is 4.79 Å². The van der Waals surface area contributed by atoms with Crippen LogP contribution in [0.25, 0.3) is 0 Å². The quantitative estimate of drug-likeness (QED) is 0.554. The van der Waals surface area contributed by atoms with E-state index < -0.39 is 0 Å². The summed E-state index contributed by atoms with van der Waals surface area (Å²) in [4.78, 5) is 10.9. The molecule has 0 N–H and O–H groups in total. The van der Waals surface area contributed by atoms with Crippen LogP contribution in [-0.2, 0) is 17.8 Å². The molecule has 21 heavy (non-hydrogen) atoms. The van der Waals surface area contributed by atoms with Crippen LogP contribution in [0.1, 0.15) is 38.1 Å². The summed E-state index contributed by atoms with van der Waals surface area (Å²) in [6.45, 7) is 4.61. The summed E-state index contributed by atoms with van der Waals surface area (Å²) in [6.07, 6.45) is 2.34. The van der Waals surface area contributed by atoms with Crippen LogP contribution in [0, 0.1) is 0 Å². The van der Waals surface area contributed by atoms with E-state index >= 15 is 0 Å². The Labute approximate surface area is 130 Å². The number of rotatable bonds is 8. The van der Waals surface area contributed by atoms with Crippen molar-refractivity contribution in [2.24, 2.45) is 0 Å². The number of hydrogen-bond donors (Lipinski definition) is 0. The van der Waals surface area contributed by atoms with Crippen LogP contribution in [0.5, 0.6) is 0 Å². The maximum atomic E-state index is 10.9. The molecule has 2 aromatic rings. The van der Waals surface area contributed by atoms with Crippen molar-refractivity contribution >= 4 is 17.5 Å². The molecule has 0 bridgehead atoms. The van der Waals surface area contributed by atoms with Gasteiger partial charge < -0.3 is 9.36 Å². The first-order valence-electron chi connectivity index (χ1n) is 7.29. The number of benzene rings is 1. The SMILES string of the molecule is CCn1c(Cc2ccccc2)nnc1SCCCC(C)=O. The van der Waals surface area contributed by atoms with Gasteiger partial charge in [0.15, 0.2) is 5.16 Å². The molecular formula is C16H21N3OS. The fourth-order valence-electron chi connectivity index (χ4n) is 2.14. The minimum Gasteiger partial charge on any atom is -0.306 e. The van der Waals surface area contributed by atoms with Crippen LogP contribution in [0.15, 0.2) is 35.5 Å². The zero-order valence-corrected chi connectivity index (χ0v) is 13.4. The summed E-state index contributed by atoms with van der Waals surface area (Å²) in [6, 6.07) is 10.3. The van der Waals surface area contributed by atoms with Gasteiger partial charge in [0.1, 0.15) is 11.6 Å². The van der Waals surface area contributed by atoms with Gasteiger partial charge in [-0.25, -0.2) is 0 Å². The normalized spacial score (nSPS) is 10.8. The summed E-state index contributed by atoms with van der Waals surface area (Å²) >= 11 is 1.68. The molecule has 4 nitrogen and oxygen atoms in total. The highest BCUT2D eigenvalue weighted by Crippen LogP contribution is 2.20. The van der Waals surface area contributed by atoms with Crippen LogP contribution in [0.2, 0.25) is 0 Å². The number of aromatic nitrogens is 3. The van der Waals surface area contributed by atoms with Crippen LogP contribution < -0.4 is 0 Å². The standard InChI is InChI=1S/C16H21N3OS/c1-3-19-15(12-14-9-5-4-6-10-14)17-18-16(19)21-11-7-8-13(2)20/h4-6,9-10H,3,7-8,11-12H2,1-2H3.